The molecule has 4 rings (SSSR count). The molecule has 3 aromatic rings. The number of piperidine rings is 1. The van der Waals surface area contributed by atoms with Crippen molar-refractivity contribution in [2.45, 2.75) is 26.2 Å². The van der Waals surface area contributed by atoms with Gasteiger partial charge in [-0.25, -0.2) is 0 Å². The Kier molecular flexibility index (Phi) is 6.18. The van der Waals surface area contributed by atoms with Gasteiger partial charge in [-0.15, -0.1) is 0 Å². The van der Waals surface area contributed by atoms with Crippen LogP contribution < -0.4 is 0 Å². The van der Waals surface area contributed by atoms with E-state index in [0.717, 1.165) is 17.5 Å². The molecule has 0 unspecified atom stereocenters. The van der Waals surface area contributed by atoms with E-state index in [1.165, 1.54) is 0 Å². The highest BCUT2D eigenvalue weighted by atomic mass is 35.5. The van der Waals surface area contributed by atoms with E-state index < -0.39 is 5.41 Å². The van der Waals surface area contributed by atoms with E-state index in [0.29, 0.717) is 48.6 Å². The molecule has 0 spiro atoms. The van der Waals surface area contributed by atoms with Gasteiger partial charge in [-0.2, -0.15) is 0 Å². The van der Waals surface area contributed by atoms with E-state index in [4.69, 9.17) is 16.3 Å². The quantitative estimate of drug-likeness (QED) is 0.556. The normalized spacial score (nSPS) is 18.7. The lowest BCUT2D eigenvalue weighted by Gasteiger charge is -2.41. The molecule has 0 N–H and O–H groups in total. The van der Waals surface area contributed by atoms with Gasteiger partial charge in [0.1, 0.15) is 0 Å². The predicted molar refractivity (Wildman–Crippen MR) is 119 cm³/mol. The Hall–Kier alpha value is -2.99. The first-order valence-corrected chi connectivity index (χ1v) is 10.8. The van der Waals surface area contributed by atoms with E-state index in [1.54, 1.807) is 48.5 Å². The molecule has 1 aliphatic heterocycles. The second kappa shape index (κ2) is 9.02. The van der Waals surface area contributed by atoms with Crippen molar-refractivity contribution in [2.24, 2.45) is 5.41 Å². The van der Waals surface area contributed by atoms with E-state index in [2.05, 4.69) is 9.97 Å². The third-order valence-corrected chi connectivity index (χ3v) is 5.96. The summed E-state index contributed by atoms with van der Waals surface area (Å²) in [6, 6.07) is 12.8. The van der Waals surface area contributed by atoms with Crippen LogP contribution in [0.4, 0.5) is 0 Å². The topological polar surface area (TPSA) is 72.4 Å². The first kappa shape index (κ1) is 21.2. The molecule has 7 heteroatoms. The number of benzene rings is 2. The van der Waals surface area contributed by atoms with Gasteiger partial charge in [-0.05, 0) is 62.1 Å². The molecule has 1 aromatic heterocycles. The summed E-state index contributed by atoms with van der Waals surface area (Å²) in [5.41, 5.74) is 2.09. The van der Waals surface area contributed by atoms with Gasteiger partial charge in [0.15, 0.2) is 0 Å². The maximum atomic E-state index is 13.3. The smallest absolute Gasteiger partial charge is 0.314 e. The SMILES string of the molecule is CCOC(=O)[C@@]1(Cc2cccc(Cl)c2)CCCN(C(=O)c2ccc3nccnc3c2)C1. The third-order valence-electron chi connectivity index (χ3n) is 5.72. The minimum absolute atomic E-state index is 0.118. The molecule has 1 amide bonds. The van der Waals surface area contributed by atoms with Crippen LogP contribution >= 0.6 is 11.6 Å². The number of halogens is 1. The highest BCUT2D eigenvalue weighted by Gasteiger charge is 2.45. The zero-order valence-electron chi connectivity index (χ0n) is 17.4. The van der Waals surface area contributed by atoms with Crippen molar-refractivity contribution in [1.29, 1.82) is 0 Å². The highest BCUT2D eigenvalue weighted by molar-refractivity contribution is 6.30. The summed E-state index contributed by atoms with van der Waals surface area (Å²) in [5, 5.41) is 0.623. The van der Waals surface area contributed by atoms with Crippen molar-refractivity contribution < 1.29 is 14.3 Å². The maximum absolute atomic E-state index is 13.3. The fourth-order valence-electron chi connectivity index (χ4n) is 4.29. The summed E-state index contributed by atoms with van der Waals surface area (Å²) in [6.45, 7) is 2.99. The molecule has 6 nitrogen and oxygen atoms in total. The summed E-state index contributed by atoms with van der Waals surface area (Å²) in [7, 11) is 0. The minimum atomic E-state index is -0.800. The minimum Gasteiger partial charge on any atom is -0.466 e. The zero-order valence-corrected chi connectivity index (χ0v) is 18.1. The number of aromatic nitrogens is 2. The molecule has 2 heterocycles. The van der Waals surface area contributed by atoms with E-state index in [-0.39, 0.29) is 11.9 Å². The number of carbonyl (C=O) groups is 2. The average Bonchev–Trinajstić information content (AvgIpc) is 2.78. The number of hydrogen-bond acceptors (Lipinski definition) is 5. The fourth-order valence-corrected chi connectivity index (χ4v) is 4.50. The number of ether oxygens (including phenoxy) is 1. The molecular formula is C24H24ClN3O3. The Morgan fingerprint density at radius 1 is 1.13 bits per heavy atom. The molecule has 0 radical (unpaired) electrons. The lowest BCUT2D eigenvalue weighted by molar-refractivity contribution is -0.158. The number of rotatable bonds is 5. The summed E-state index contributed by atoms with van der Waals surface area (Å²) in [6.07, 6.45) is 5.08. The van der Waals surface area contributed by atoms with Gasteiger partial charge < -0.3 is 9.64 Å². The molecule has 31 heavy (non-hydrogen) atoms. The second-order valence-electron chi connectivity index (χ2n) is 7.90. The highest BCUT2D eigenvalue weighted by Crippen LogP contribution is 2.36. The fraction of sp³-hybridized carbons (Fsp3) is 0.333. The van der Waals surface area contributed by atoms with Gasteiger partial charge in [-0.3, -0.25) is 19.6 Å². The Balaban J connectivity index is 1.62. The Labute approximate surface area is 186 Å². The van der Waals surface area contributed by atoms with Crippen LogP contribution in [-0.4, -0.2) is 46.4 Å². The van der Waals surface area contributed by atoms with Crippen LogP contribution in [0.2, 0.25) is 5.02 Å². The molecule has 0 aliphatic carbocycles. The van der Waals surface area contributed by atoms with Crippen molar-refractivity contribution >= 4 is 34.5 Å². The average molecular weight is 438 g/mol. The Morgan fingerprint density at radius 2 is 1.94 bits per heavy atom. The van der Waals surface area contributed by atoms with Gasteiger partial charge in [0.25, 0.3) is 5.91 Å². The van der Waals surface area contributed by atoms with Gasteiger partial charge in [0.05, 0.1) is 23.1 Å². The van der Waals surface area contributed by atoms with Gasteiger partial charge in [0.2, 0.25) is 0 Å². The molecule has 2 aromatic carbocycles. The first-order valence-electron chi connectivity index (χ1n) is 10.4. The van der Waals surface area contributed by atoms with Crippen molar-refractivity contribution in [3.63, 3.8) is 0 Å². The lowest BCUT2D eigenvalue weighted by atomic mass is 9.75. The number of nitrogens with zero attached hydrogens (tertiary/aromatic N) is 3. The van der Waals surface area contributed by atoms with E-state index in [1.807, 2.05) is 18.2 Å². The number of likely N-dealkylation sites (tertiary alicyclic amines) is 1. The lowest BCUT2D eigenvalue weighted by Crippen LogP contribution is -2.51. The van der Waals surface area contributed by atoms with Gasteiger partial charge >= 0.3 is 5.97 Å². The molecule has 1 saturated heterocycles. The van der Waals surface area contributed by atoms with E-state index in [9.17, 15) is 9.59 Å². The largest absolute Gasteiger partial charge is 0.466 e. The molecule has 0 bridgehead atoms. The monoisotopic (exact) mass is 437 g/mol. The Morgan fingerprint density at radius 3 is 2.71 bits per heavy atom. The molecule has 160 valence electrons. The van der Waals surface area contributed by atoms with Crippen molar-refractivity contribution in [3.8, 4) is 0 Å². The number of amides is 1. The number of esters is 1. The molecule has 1 aliphatic rings. The molecule has 0 saturated carbocycles. The summed E-state index contributed by atoms with van der Waals surface area (Å²) < 4.78 is 5.45. The van der Waals surface area contributed by atoms with Crippen LogP contribution in [0.1, 0.15) is 35.7 Å². The third kappa shape index (κ3) is 4.54. The summed E-state index contributed by atoms with van der Waals surface area (Å²) >= 11 is 6.16. The van der Waals surface area contributed by atoms with Crippen LogP contribution in [0, 0.1) is 5.41 Å². The standard InChI is InChI=1S/C24H24ClN3O3/c1-2-31-23(30)24(15-17-5-3-6-19(25)13-17)9-4-12-28(16-24)22(29)18-7-8-20-21(14-18)27-11-10-26-20/h3,5-8,10-11,13-14H,2,4,9,12,15-16H2,1H3/t24-/m1/s1. The van der Waals surface area contributed by atoms with E-state index >= 15 is 0 Å². The summed E-state index contributed by atoms with van der Waals surface area (Å²) in [5.74, 6) is -0.385. The van der Waals surface area contributed by atoms with Crippen LogP contribution in [-0.2, 0) is 16.0 Å². The number of fused-ring (bicyclic) bond motifs is 1. The van der Waals surface area contributed by atoms with Crippen LogP contribution in [0.25, 0.3) is 11.0 Å². The van der Waals surface area contributed by atoms with Crippen molar-refractivity contribution in [3.05, 3.63) is 71.0 Å². The first-order chi connectivity index (χ1) is 15.0. The number of carbonyl (C=O) groups excluding carboxylic acids is 2. The van der Waals surface area contributed by atoms with Crippen molar-refractivity contribution in [1.82, 2.24) is 14.9 Å². The number of hydrogen-bond donors (Lipinski definition) is 0. The molecule has 1 fully saturated rings. The summed E-state index contributed by atoms with van der Waals surface area (Å²) in [4.78, 5) is 36.7. The maximum Gasteiger partial charge on any atom is 0.314 e. The van der Waals surface area contributed by atoms with Crippen LogP contribution in [0.3, 0.4) is 0 Å². The van der Waals surface area contributed by atoms with Crippen LogP contribution in [0.5, 0.6) is 0 Å². The van der Waals surface area contributed by atoms with Crippen molar-refractivity contribution in [2.75, 3.05) is 19.7 Å². The predicted octanol–water partition coefficient (Wildman–Crippen LogP) is 4.31. The molecule has 1 atom stereocenters. The zero-order chi connectivity index (χ0) is 21.8. The van der Waals surface area contributed by atoms with Crippen LogP contribution in [0.15, 0.2) is 54.9 Å². The van der Waals surface area contributed by atoms with Gasteiger partial charge in [-0.1, -0.05) is 23.7 Å². The second-order valence-corrected chi connectivity index (χ2v) is 8.33. The van der Waals surface area contributed by atoms with Gasteiger partial charge in [0, 0.05) is 36.1 Å². The molecular weight excluding hydrogens is 414 g/mol. The Bertz CT molecular complexity index is 1120.